The van der Waals surface area contributed by atoms with Crippen molar-refractivity contribution in [1.82, 2.24) is 0 Å². The van der Waals surface area contributed by atoms with Crippen molar-refractivity contribution in [2.45, 2.75) is 39.5 Å². The van der Waals surface area contributed by atoms with E-state index in [4.69, 9.17) is 9.47 Å². The molecule has 4 rings (SSSR count). The summed E-state index contributed by atoms with van der Waals surface area (Å²) in [4.78, 5) is 38.8. The molecule has 0 spiro atoms. The molecule has 3 aromatic rings. The summed E-state index contributed by atoms with van der Waals surface area (Å²) in [6.45, 7) is 8.24. The van der Waals surface area contributed by atoms with E-state index in [-0.39, 0.29) is 24.3 Å². The van der Waals surface area contributed by atoms with Gasteiger partial charge in [-0.1, -0.05) is 50.6 Å². The molecule has 192 valence electrons. The number of rotatable bonds is 7. The van der Waals surface area contributed by atoms with Crippen molar-refractivity contribution in [3.8, 4) is 11.5 Å². The monoisotopic (exact) mass is 500 g/mol. The predicted octanol–water partition coefficient (Wildman–Crippen LogP) is 5.62. The SMILES string of the molecule is Cc1ccc(NC(=O)COC(=O)[C@@H]2CC(=O)N(c3ccc(Oc4ccc(C(C)(C)C)cc4)cc3)C2)cc1. The number of nitrogens with one attached hydrogen (secondary N) is 1. The van der Waals surface area contributed by atoms with Crippen molar-refractivity contribution in [2.75, 3.05) is 23.4 Å². The molecule has 2 amide bonds. The first-order chi connectivity index (χ1) is 17.6. The standard InChI is InChI=1S/C30H32N2O5/c1-20-5-9-23(10-6-20)31-27(33)19-36-29(35)21-17-28(34)32(18-21)24-11-15-26(16-12-24)37-25-13-7-22(8-14-25)30(2,3)4/h5-16,21H,17-19H2,1-4H3,(H,31,33)/t21-/m1/s1. The number of aryl methyl sites for hydroxylation is 1. The second kappa shape index (κ2) is 10.9. The van der Waals surface area contributed by atoms with Gasteiger partial charge >= 0.3 is 5.97 Å². The molecule has 1 saturated heterocycles. The molecule has 0 radical (unpaired) electrons. The maximum Gasteiger partial charge on any atom is 0.311 e. The molecule has 1 aliphatic rings. The zero-order chi connectivity index (χ0) is 26.6. The van der Waals surface area contributed by atoms with Gasteiger partial charge in [-0.05, 0) is 66.4 Å². The summed E-state index contributed by atoms with van der Waals surface area (Å²) in [7, 11) is 0. The fraction of sp³-hybridized carbons (Fsp3) is 0.300. The van der Waals surface area contributed by atoms with Gasteiger partial charge in [0, 0.05) is 24.3 Å². The average Bonchev–Trinajstić information content (AvgIpc) is 3.26. The van der Waals surface area contributed by atoms with Crippen LogP contribution < -0.4 is 15.0 Å². The van der Waals surface area contributed by atoms with E-state index in [9.17, 15) is 14.4 Å². The van der Waals surface area contributed by atoms with E-state index in [2.05, 4.69) is 38.2 Å². The Balaban J connectivity index is 1.29. The van der Waals surface area contributed by atoms with Crippen LogP contribution in [0.25, 0.3) is 0 Å². The van der Waals surface area contributed by atoms with Crippen molar-refractivity contribution in [3.05, 3.63) is 83.9 Å². The van der Waals surface area contributed by atoms with Crippen LogP contribution in [-0.2, 0) is 24.5 Å². The first-order valence-corrected chi connectivity index (χ1v) is 12.3. The summed E-state index contributed by atoms with van der Waals surface area (Å²) in [5, 5.41) is 2.68. The van der Waals surface area contributed by atoms with Gasteiger partial charge in [-0.25, -0.2) is 0 Å². The molecule has 7 nitrogen and oxygen atoms in total. The fourth-order valence-corrected chi connectivity index (χ4v) is 4.06. The number of carbonyl (C=O) groups is 3. The summed E-state index contributed by atoms with van der Waals surface area (Å²) in [5.74, 6) is -0.410. The van der Waals surface area contributed by atoms with Crippen LogP contribution in [0.3, 0.4) is 0 Å². The topological polar surface area (TPSA) is 84.9 Å². The number of benzene rings is 3. The lowest BCUT2D eigenvalue weighted by atomic mass is 9.87. The summed E-state index contributed by atoms with van der Waals surface area (Å²) >= 11 is 0. The van der Waals surface area contributed by atoms with Crippen LogP contribution in [0, 0.1) is 12.8 Å². The van der Waals surface area contributed by atoms with Gasteiger partial charge in [-0.15, -0.1) is 0 Å². The lowest BCUT2D eigenvalue weighted by Crippen LogP contribution is -2.28. The third-order valence-corrected chi connectivity index (χ3v) is 6.24. The van der Waals surface area contributed by atoms with Gasteiger partial charge < -0.3 is 19.7 Å². The zero-order valence-electron chi connectivity index (χ0n) is 21.6. The summed E-state index contributed by atoms with van der Waals surface area (Å²) in [5.41, 5.74) is 3.67. The van der Waals surface area contributed by atoms with Crippen LogP contribution in [0.4, 0.5) is 11.4 Å². The van der Waals surface area contributed by atoms with E-state index in [0.29, 0.717) is 17.1 Å². The molecule has 3 aromatic carbocycles. The minimum absolute atomic E-state index is 0.0385. The fourth-order valence-electron chi connectivity index (χ4n) is 4.06. The van der Waals surface area contributed by atoms with Gasteiger partial charge in [0.25, 0.3) is 5.91 Å². The molecule has 0 aliphatic carbocycles. The van der Waals surface area contributed by atoms with E-state index < -0.39 is 24.4 Å². The Kier molecular flexibility index (Phi) is 7.62. The maximum absolute atomic E-state index is 12.6. The molecular weight excluding hydrogens is 468 g/mol. The smallest absolute Gasteiger partial charge is 0.311 e. The summed E-state index contributed by atoms with van der Waals surface area (Å²) < 4.78 is 11.1. The minimum atomic E-state index is -0.628. The average molecular weight is 501 g/mol. The van der Waals surface area contributed by atoms with Crippen LogP contribution >= 0.6 is 0 Å². The third-order valence-electron chi connectivity index (χ3n) is 6.24. The number of carbonyl (C=O) groups excluding carboxylic acids is 3. The number of hydrogen-bond donors (Lipinski definition) is 1. The van der Waals surface area contributed by atoms with Crippen LogP contribution in [0.5, 0.6) is 11.5 Å². The molecule has 0 aromatic heterocycles. The highest BCUT2D eigenvalue weighted by atomic mass is 16.5. The molecule has 37 heavy (non-hydrogen) atoms. The van der Waals surface area contributed by atoms with Crippen molar-refractivity contribution in [3.63, 3.8) is 0 Å². The second-order valence-corrected chi connectivity index (χ2v) is 10.3. The first kappa shape index (κ1) is 25.9. The molecule has 1 N–H and O–H groups in total. The minimum Gasteiger partial charge on any atom is -0.457 e. The van der Waals surface area contributed by atoms with Gasteiger partial charge in [0.2, 0.25) is 5.91 Å². The normalized spacial score (nSPS) is 15.4. The van der Waals surface area contributed by atoms with E-state index in [1.54, 1.807) is 41.3 Å². The second-order valence-electron chi connectivity index (χ2n) is 10.3. The highest BCUT2D eigenvalue weighted by molar-refractivity contribution is 6.00. The Morgan fingerprint density at radius 1 is 0.919 bits per heavy atom. The van der Waals surface area contributed by atoms with Gasteiger partial charge in [-0.3, -0.25) is 14.4 Å². The Labute approximate surface area is 217 Å². The number of nitrogens with zero attached hydrogens (tertiary/aromatic N) is 1. The van der Waals surface area contributed by atoms with Crippen molar-refractivity contribution >= 4 is 29.2 Å². The lowest BCUT2D eigenvalue weighted by molar-refractivity contribution is -0.151. The Morgan fingerprint density at radius 3 is 2.11 bits per heavy atom. The van der Waals surface area contributed by atoms with Gasteiger partial charge in [0.1, 0.15) is 11.5 Å². The van der Waals surface area contributed by atoms with Crippen LogP contribution in [0.2, 0.25) is 0 Å². The van der Waals surface area contributed by atoms with E-state index in [1.807, 2.05) is 31.2 Å². The molecule has 0 bridgehead atoms. The van der Waals surface area contributed by atoms with Crippen molar-refractivity contribution in [2.24, 2.45) is 5.92 Å². The highest BCUT2D eigenvalue weighted by Crippen LogP contribution is 2.30. The number of anilines is 2. The van der Waals surface area contributed by atoms with Gasteiger partial charge in [0.15, 0.2) is 6.61 Å². The van der Waals surface area contributed by atoms with Crippen LogP contribution in [-0.4, -0.2) is 30.9 Å². The molecule has 7 heteroatoms. The molecule has 1 heterocycles. The van der Waals surface area contributed by atoms with Crippen LogP contribution in [0.15, 0.2) is 72.8 Å². The van der Waals surface area contributed by atoms with Gasteiger partial charge in [0.05, 0.1) is 5.92 Å². The van der Waals surface area contributed by atoms with E-state index in [1.165, 1.54) is 5.56 Å². The summed E-state index contributed by atoms with van der Waals surface area (Å²) in [6, 6.07) is 22.5. The predicted molar refractivity (Wildman–Crippen MR) is 143 cm³/mol. The lowest BCUT2D eigenvalue weighted by Gasteiger charge is -2.19. The largest absolute Gasteiger partial charge is 0.457 e. The Bertz CT molecular complexity index is 1260. The number of esters is 1. The number of hydrogen-bond acceptors (Lipinski definition) is 5. The van der Waals surface area contributed by atoms with Crippen molar-refractivity contribution in [1.29, 1.82) is 0 Å². The molecule has 1 fully saturated rings. The zero-order valence-corrected chi connectivity index (χ0v) is 21.6. The molecular formula is C30H32N2O5. The van der Waals surface area contributed by atoms with Gasteiger partial charge in [-0.2, -0.15) is 0 Å². The van der Waals surface area contributed by atoms with Crippen LogP contribution in [0.1, 0.15) is 38.3 Å². The molecule has 0 unspecified atom stereocenters. The highest BCUT2D eigenvalue weighted by Gasteiger charge is 2.36. The van der Waals surface area contributed by atoms with Crippen molar-refractivity contribution < 1.29 is 23.9 Å². The molecule has 1 atom stereocenters. The summed E-state index contributed by atoms with van der Waals surface area (Å²) in [6.07, 6.45) is 0.0385. The third kappa shape index (κ3) is 6.76. The van der Waals surface area contributed by atoms with E-state index in [0.717, 1.165) is 11.3 Å². The Hall–Kier alpha value is -4.13. The first-order valence-electron chi connectivity index (χ1n) is 12.3. The number of amides is 2. The quantitative estimate of drug-likeness (QED) is 0.426. The maximum atomic E-state index is 12.6. The molecule has 1 aliphatic heterocycles. The number of ether oxygens (including phenoxy) is 2. The molecule has 0 saturated carbocycles. The van der Waals surface area contributed by atoms with E-state index >= 15 is 0 Å². The Morgan fingerprint density at radius 2 is 1.51 bits per heavy atom.